The van der Waals surface area contributed by atoms with Crippen LogP contribution in [0, 0.1) is 0 Å². The molecule has 1 saturated heterocycles. The fourth-order valence-corrected chi connectivity index (χ4v) is 2.75. The van der Waals surface area contributed by atoms with E-state index in [1.807, 2.05) is 43.0 Å². The molecule has 0 bridgehead atoms. The molecule has 1 aromatic carbocycles. The molecule has 0 spiro atoms. The van der Waals surface area contributed by atoms with E-state index in [1.165, 1.54) is 17.2 Å². The zero-order valence-corrected chi connectivity index (χ0v) is 10.8. The average Bonchev–Trinajstić information content (AvgIpc) is 2.40. The van der Waals surface area contributed by atoms with Gasteiger partial charge in [0.25, 0.3) is 0 Å². The molecule has 17 heavy (non-hydrogen) atoms. The quantitative estimate of drug-likeness (QED) is 0.772. The third kappa shape index (κ3) is 3.16. The minimum atomic E-state index is -0.242. The second kappa shape index (κ2) is 5.96. The van der Waals surface area contributed by atoms with Crippen LogP contribution in [0.4, 0.5) is 5.69 Å². The Kier molecular flexibility index (Phi) is 4.31. The van der Waals surface area contributed by atoms with Crippen molar-refractivity contribution in [2.24, 2.45) is 0 Å². The summed E-state index contributed by atoms with van der Waals surface area (Å²) in [6.07, 6.45) is 0. The number of anilines is 1. The number of thioether (sulfide) groups is 1. The molecular weight excluding hydrogens is 234 g/mol. The van der Waals surface area contributed by atoms with E-state index < -0.39 is 0 Å². The third-order valence-electron chi connectivity index (χ3n) is 2.75. The Labute approximate surface area is 106 Å². The first kappa shape index (κ1) is 12.3. The van der Waals surface area contributed by atoms with Crippen LogP contribution < -0.4 is 4.90 Å². The molecule has 1 aliphatic heterocycles. The van der Waals surface area contributed by atoms with Crippen LogP contribution in [0.25, 0.3) is 0 Å². The van der Waals surface area contributed by atoms with Crippen molar-refractivity contribution in [2.45, 2.75) is 6.92 Å². The van der Waals surface area contributed by atoms with Crippen LogP contribution in [-0.2, 0) is 4.74 Å². The van der Waals surface area contributed by atoms with Gasteiger partial charge in [-0.15, -0.1) is 0 Å². The van der Waals surface area contributed by atoms with Gasteiger partial charge in [0, 0.05) is 30.3 Å². The first-order valence-electron chi connectivity index (χ1n) is 5.91. The first-order chi connectivity index (χ1) is 8.31. The minimum Gasteiger partial charge on any atom is -0.462 e. The Hall–Kier alpha value is -1.16. The van der Waals surface area contributed by atoms with E-state index in [2.05, 4.69) is 4.90 Å². The van der Waals surface area contributed by atoms with Gasteiger partial charge in [0.2, 0.25) is 0 Å². The zero-order valence-electron chi connectivity index (χ0n) is 10.0. The monoisotopic (exact) mass is 251 g/mol. The van der Waals surface area contributed by atoms with Crippen molar-refractivity contribution >= 4 is 23.4 Å². The highest BCUT2D eigenvalue weighted by molar-refractivity contribution is 7.99. The maximum absolute atomic E-state index is 11.5. The molecule has 1 fully saturated rings. The highest BCUT2D eigenvalue weighted by atomic mass is 32.2. The van der Waals surface area contributed by atoms with Gasteiger partial charge in [-0.3, -0.25) is 0 Å². The highest BCUT2D eigenvalue weighted by Gasteiger charge is 2.12. The molecule has 1 heterocycles. The van der Waals surface area contributed by atoms with E-state index in [1.54, 1.807) is 0 Å². The van der Waals surface area contributed by atoms with Gasteiger partial charge in [-0.2, -0.15) is 11.8 Å². The molecule has 2 rings (SSSR count). The standard InChI is InChI=1S/C13H17NO2S/c1-2-16-13(15)11-3-5-12(6-4-11)14-7-9-17-10-8-14/h3-6H,2,7-10H2,1H3. The maximum atomic E-state index is 11.5. The lowest BCUT2D eigenvalue weighted by molar-refractivity contribution is 0.0526. The Balaban J connectivity index is 2.04. The van der Waals surface area contributed by atoms with E-state index in [-0.39, 0.29) is 5.97 Å². The predicted molar refractivity (Wildman–Crippen MR) is 71.9 cm³/mol. The first-order valence-corrected chi connectivity index (χ1v) is 7.06. The van der Waals surface area contributed by atoms with Crippen molar-refractivity contribution in [3.05, 3.63) is 29.8 Å². The van der Waals surface area contributed by atoms with Crippen LogP contribution in [0.1, 0.15) is 17.3 Å². The van der Waals surface area contributed by atoms with E-state index >= 15 is 0 Å². The Morgan fingerprint density at radius 2 is 1.94 bits per heavy atom. The maximum Gasteiger partial charge on any atom is 0.338 e. The summed E-state index contributed by atoms with van der Waals surface area (Å²) in [5.41, 5.74) is 1.82. The molecule has 0 atom stereocenters. The van der Waals surface area contributed by atoms with E-state index in [0.717, 1.165) is 13.1 Å². The van der Waals surface area contributed by atoms with Crippen LogP contribution in [-0.4, -0.2) is 37.2 Å². The molecule has 1 aliphatic rings. The Morgan fingerprint density at radius 3 is 2.53 bits per heavy atom. The number of carbonyl (C=O) groups excluding carboxylic acids is 1. The fraction of sp³-hybridized carbons (Fsp3) is 0.462. The summed E-state index contributed by atoms with van der Waals surface area (Å²) in [4.78, 5) is 13.8. The van der Waals surface area contributed by atoms with Crippen LogP contribution in [0.3, 0.4) is 0 Å². The summed E-state index contributed by atoms with van der Waals surface area (Å²) in [6, 6.07) is 7.69. The van der Waals surface area contributed by atoms with E-state index in [4.69, 9.17) is 4.74 Å². The van der Waals surface area contributed by atoms with Crippen molar-refractivity contribution in [1.82, 2.24) is 0 Å². The molecule has 3 nitrogen and oxygen atoms in total. The van der Waals surface area contributed by atoms with Gasteiger partial charge in [0.05, 0.1) is 12.2 Å². The normalized spacial score (nSPS) is 15.7. The van der Waals surface area contributed by atoms with Crippen molar-refractivity contribution in [1.29, 1.82) is 0 Å². The number of ether oxygens (including phenoxy) is 1. The summed E-state index contributed by atoms with van der Waals surface area (Å²) in [5, 5.41) is 0. The molecule has 4 heteroatoms. The molecule has 0 aromatic heterocycles. The lowest BCUT2D eigenvalue weighted by atomic mass is 10.2. The highest BCUT2D eigenvalue weighted by Crippen LogP contribution is 2.20. The number of nitrogens with zero attached hydrogens (tertiary/aromatic N) is 1. The lowest BCUT2D eigenvalue weighted by Gasteiger charge is -2.28. The smallest absolute Gasteiger partial charge is 0.338 e. The van der Waals surface area contributed by atoms with Crippen LogP contribution in [0.5, 0.6) is 0 Å². The van der Waals surface area contributed by atoms with Gasteiger partial charge in [-0.05, 0) is 31.2 Å². The number of benzene rings is 1. The molecule has 0 amide bonds. The lowest BCUT2D eigenvalue weighted by Crippen LogP contribution is -2.32. The van der Waals surface area contributed by atoms with Crippen molar-refractivity contribution in [2.75, 3.05) is 36.1 Å². The second-order valence-electron chi connectivity index (χ2n) is 3.87. The molecule has 0 aliphatic carbocycles. The molecule has 92 valence electrons. The van der Waals surface area contributed by atoms with Gasteiger partial charge < -0.3 is 9.64 Å². The van der Waals surface area contributed by atoms with Gasteiger partial charge in [-0.25, -0.2) is 4.79 Å². The van der Waals surface area contributed by atoms with E-state index in [0.29, 0.717) is 12.2 Å². The third-order valence-corrected chi connectivity index (χ3v) is 3.70. The topological polar surface area (TPSA) is 29.5 Å². The van der Waals surface area contributed by atoms with E-state index in [9.17, 15) is 4.79 Å². The SMILES string of the molecule is CCOC(=O)c1ccc(N2CCSCC2)cc1. The number of esters is 1. The average molecular weight is 251 g/mol. The zero-order chi connectivity index (χ0) is 12.1. The second-order valence-corrected chi connectivity index (χ2v) is 5.09. The van der Waals surface area contributed by atoms with Crippen molar-refractivity contribution in [3.8, 4) is 0 Å². The molecule has 0 saturated carbocycles. The summed E-state index contributed by atoms with van der Waals surface area (Å²) >= 11 is 1.99. The van der Waals surface area contributed by atoms with Crippen LogP contribution in [0.15, 0.2) is 24.3 Å². The summed E-state index contributed by atoms with van der Waals surface area (Å²) < 4.78 is 4.96. The summed E-state index contributed by atoms with van der Waals surface area (Å²) in [7, 11) is 0. The number of carbonyl (C=O) groups is 1. The Morgan fingerprint density at radius 1 is 1.29 bits per heavy atom. The fourth-order valence-electron chi connectivity index (χ4n) is 1.84. The van der Waals surface area contributed by atoms with Gasteiger partial charge in [0.15, 0.2) is 0 Å². The molecular formula is C13H17NO2S. The van der Waals surface area contributed by atoms with Crippen LogP contribution >= 0.6 is 11.8 Å². The van der Waals surface area contributed by atoms with Crippen molar-refractivity contribution in [3.63, 3.8) is 0 Å². The van der Waals surface area contributed by atoms with Gasteiger partial charge in [0.1, 0.15) is 0 Å². The number of hydrogen-bond acceptors (Lipinski definition) is 4. The molecule has 0 radical (unpaired) electrons. The van der Waals surface area contributed by atoms with Crippen LogP contribution in [0.2, 0.25) is 0 Å². The Bertz CT molecular complexity index is 372. The minimum absolute atomic E-state index is 0.242. The largest absolute Gasteiger partial charge is 0.462 e. The van der Waals surface area contributed by atoms with Gasteiger partial charge >= 0.3 is 5.97 Å². The van der Waals surface area contributed by atoms with Gasteiger partial charge in [-0.1, -0.05) is 0 Å². The molecule has 1 aromatic rings. The van der Waals surface area contributed by atoms with Crippen molar-refractivity contribution < 1.29 is 9.53 Å². The predicted octanol–water partition coefficient (Wildman–Crippen LogP) is 2.42. The summed E-state index contributed by atoms with van der Waals surface area (Å²) in [6.45, 7) is 4.41. The summed E-state index contributed by atoms with van der Waals surface area (Å²) in [5.74, 6) is 2.12. The number of rotatable bonds is 3. The molecule has 0 unspecified atom stereocenters. The molecule has 0 N–H and O–H groups in total. The number of hydrogen-bond donors (Lipinski definition) is 0.